The van der Waals surface area contributed by atoms with Gasteiger partial charge in [0, 0.05) is 25.1 Å². The van der Waals surface area contributed by atoms with E-state index in [9.17, 15) is 4.79 Å². The lowest BCUT2D eigenvalue weighted by Gasteiger charge is -2.33. The quantitative estimate of drug-likeness (QED) is 0.531. The second-order valence-electron chi connectivity index (χ2n) is 12.8. The molecular formula is C28H42BN3O5. The van der Waals surface area contributed by atoms with E-state index in [2.05, 4.69) is 45.9 Å². The van der Waals surface area contributed by atoms with Gasteiger partial charge >= 0.3 is 13.2 Å². The highest BCUT2D eigenvalue weighted by Gasteiger charge is 2.53. The van der Waals surface area contributed by atoms with E-state index in [0.717, 1.165) is 55.2 Å². The van der Waals surface area contributed by atoms with Gasteiger partial charge in [-0.3, -0.25) is 0 Å². The van der Waals surface area contributed by atoms with Crippen LogP contribution < -0.4 is 5.59 Å². The number of amides is 1. The molecule has 1 atom stereocenters. The molecule has 3 fully saturated rings. The van der Waals surface area contributed by atoms with Crippen LogP contribution in [0, 0.1) is 0 Å². The fraction of sp³-hybridized carbons (Fsp3) is 0.714. The molecule has 37 heavy (non-hydrogen) atoms. The number of aromatic nitrogens is 2. The summed E-state index contributed by atoms with van der Waals surface area (Å²) in [5.41, 5.74) is 1.76. The average molecular weight is 511 g/mol. The largest absolute Gasteiger partial charge is 0.517 e. The van der Waals surface area contributed by atoms with E-state index in [1.54, 1.807) is 0 Å². The van der Waals surface area contributed by atoms with E-state index in [-0.39, 0.29) is 12.3 Å². The second kappa shape index (κ2) is 9.58. The van der Waals surface area contributed by atoms with Gasteiger partial charge in [-0.05, 0) is 104 Å². The maximum absolute atomic E-state index is 12.5. The van der Waals surface area contributed by atoms with Crippen molar-refractivity contribution in [1.29, 1.82) is 0 Å². The van der Waals surface area contributed by atoms with Gasteiger partial charge in [0.05, 0.1) is 16.7 Å². The van der Waals surface area contributed by atoms with Crippen molar-refractivity contribution in [2.75, 3.05) is 19.7 Å². The zero-order chi connectivity index (χ0) is 26.6. The Morgan fingerprint density at radius 1 is 1.05 bits per heavy atom. The summed E-state index contributed by atoms with van der Waals surface area (Å²) < 4.78 is 26.6. The summed E-state index contributed by atoms with van der Waals surface area (Å²) in [7, 11) is -0.540. The standard InChI is InChI=1S/C28H42BN3O5/c1-26(2,3)35-25(33)31-15-13-19(14-16-31)20-11-12-22-21(18-20)24(29-36-27(4,5)28(6,7)37-29)30-32(22)23-10-8-9-17-34-23/h11-12,18-19,23H,8-10,13-17H2,1-7H3. The van der Waals surface area contributed by atoms with Crippen LogP contribution in [0.15, 0.2) is 18.2 Å². The first-order chi connectivity index (χ1) is 17.3. The minimum absolute atomic E-state index is 0.0738. The van der Waals surface area contributed by atoms with Crippen molar-refractivity contribution >= 4 is 29.7 Å². The monoisotopic (exact) mass is 511 g/mol. The van der Waals surface area contributed by atoms with Crippen molar-refractivity contribution in [1.82, 2.24) is 14.7 Å². The normalized spacial score (nSPS) is 24.6. The molecule has 0 saturated carbocycles. The molecule has 0 spiro atoms. The second-order valence-corrected chi connectivity index (χ2v) is 12.8. The number of likely N-dealkylation sites (tertiary alicyclic amines) is 1. The Hall–Kier alpha value is -2.10. The number of carbonyl (C=O) groups excluding carboxylic acids is 1. The van der Waals surface area contributed by atoms with Crippen molar-refractivity contribution in [2.24, 2.45) is 0 Å². The lowest BCUT2D eigenvalue weighted by atomic mass is 9.81. The summed E-state index contributed by atoms with van der Waals surface area (Å²) in [5, 5.41) is 6.11. The number of piperidine rings is 1. The highest BCUT2D eigenvalue weighted by atomic mass is 16.7. The number of hydrogen-bond donors (Lipinski definition) is 0. The molecule has 2 aromatic rings. The molecule has 9 heteroatoms. The van der Waals surface area contributed by atoms with Crippen molar-refractivity contribution in [3.8, 4) is 0 Å². The van der Waals surface area contributed by atoms with E-state index in [4.69, 9.17) is 23.9 Å². The third kappa shape index (κ3) is 5.27. The highest BCUT2D eigenvalue weighted by Crippen LogP contribution is 2.38. The van der Waals surface area contributed by atoms with Gasteiger partial charge in [0.2, 0.25) is 0 Å². The van der Waals surface area contributed by atoms with Crippen LogP contribution in [0.1, 0.15) is 98.3 Å². The smallest absolute Gasteiger partial charge is 0.444 e. The maximum Gasteiger partial charge on any atom is 0.517 e. The third-order valence-corrected chi connectivity index (χ3v) is 8.28. The van der Waals surface area contributed by atoms with Crippen LogP contribution in [0.3, 0.4) is 0 Å². The van der Waals surface area contributed by atoms with Crippen molar-refractivity contribution in [3.05, 3.63) is 23.8 Å². The molecule has 4 heterocycles. The van der Waals surface area contributed by atoms with E-state index in [1.165, 1.54) is 5.56 Å². The molecule has 3 aliphatic rings. The van der Waals surface area contributed by atoms with Crippen molar-refractivity contribution < 1.29 is 23.6 Å². The number of rotatable bonds is 3. The summed E-state index contributed by atoms with van der Waals surface area (Å²) in [4.78, 5) is 14.4. The van der Waals surface area contributed by atoms with Crippen LogP contribution in [0.25, 0.3) is 10.9 Å². The van der Waals surface area contributed by atoms with Gasteiger partial charge in [0.25, 0.3) is 0 Å². The molecule has 3 saturated heterocycles. The molecule has 5 rings (SSSR count). The van der Waals surface area contributed by atoms with Gasteiger partial charge in [-0.1, -0.05) is 6.07 Å². The van der Waals surface area contributed by atoms with E-state index in [1.807, 2.05) is 30.4 Å². The van der Waals surface area contributed by atoms with Crippen molar-refractivity contribution in [2.45, 2.75) is 110 Å². The molecule has 3 aliphatic heterocycles. The van der Waals surface area contributed by atoms with Gasteiger partial charge in [0.1, 0.15) is 11.2 Å². The number of nitrogens with zero attached hydrogens (tertiary/aromatic N) is 3. The first-order valence-corrected chi connectivity index (χ1v) is 13.8. The Balaban J connectivity index is 1.43. The number of carbonyl (C=O) groups is 1. The van der Waals surface area contributed by atoms with Crippen LogP contribution in [-0.4, -0.2) is 64.4 Å². The van der Waals surface area contributed by atoms with Gasteiger partial charge < -0.3 is 23.7 Å². The number of ether oxygens (including phenoxy) is 2. The summed E-state index contributed by atoms with van der Waals surface area (Å²) in [6.07, 6.45) is 4.67. The van der Waals surface area contributed by atoms with Crippen LogP contribution in [0.4, 0.5) is 4.79 Å². The molecule has 1 amide bonds. The minimum atomic E-state index is -0.540. The zero-order valence-electron chi connectivity index (χ0n) is 23.5. The predicted molar refractivity (Wildman–Crippen MR) is 144 cm³/mol. The molecule has 0 N–H and O–H groups in total. The maximum atomic E-state index is 12.5. The first kappa shape index (κ1) is 26.5. The van der Waals surface area contributed by atoms with Crippen LogP contribution >= 0.6 is 0 Å². The zero-order valence-corrected chi connectivity index (χ0v) is 23.5. The molecule has 202 valence electrons. The summed E-state index contributed by atoms with van der Waals surface area (Å²) in [6, 6.07) is 6.64. The van der Waals surface area contributed by atoms with Gasteiger partial charge in [0.15, 0.2) is 6.23 Å². The summed E-state index contributed by atoms with van der Waals surface area (Å²) in [5.74, 6) is 0.364. The van der Waals surface area contributed by atoms with E-state index >= 15 is 0 Å². The highest BCUT2D eigenvalue weighted by molar-refractivity contribution is 6.64. The van der Waals surface area contributed by atoms with Crippen LogP contribution in [0.5, 0.6) is 0 Å². The fourth-order valence-corrected chi connectivity index (χ4v) is 5.42. The van der Waals surface area contributed by atoms with E-state index in [0.29, 0.717) is 19.0 Å². The molecular weight excluding hydrogens is 469 g/mol. The molecule has 1 aromatic heterocycles. The van der Waals surface area contributed by atoms with Gasteiger partial charge in [-0.15, -0.1) is 0 Å². The molecule has 0 aliphatic carbocycles. The van der Waals surface area contributed by atoms with Crippen molar-refractivity contribution in [3.63, 3.8) is 0 Å². The predicted octanol–water partition coefficient (Wildman–Crippen LogP) is 5.15. The Morgan fingerprint density at radius 2 is 1.73 bits per heavy atom. The minimum Gasteiger partial charge on any atom is -0.444 e. The number of fused-ring (bicyclic) bond motifs is 1. The van der Waals surface area contributed by atoms with Gasteiger partial charge in [-0.2, -0.15) is 5.10 Å². The molecule has 1 aromatic carbocycles. The van der Waals surface area contributed by atoms with Crippen LogP contribution in [-0.2, 0) is 18.8 Å². The summed E-state index contributed by atoms with van der Waals surface area (Å²) in [6.45, 7) is 16.1. The van der Waals surface area contributed by atoms with Gasteiger partial charge in [-0.25, -0.2) is 9.48 Å². The fourth-order valence-electron chi connectivity index (χ4n) is 5.42. The number of hydrogen-bond acceptors (Lipinski definition) is 6. The molecule has 8 nitrogen and oxygen atoms in total. The molecule has 0 bridgehead atoms. The lowest BCUT2D eigenvalue weighted by molar-refractivity contribution is -0.0364. The average Bonchev–Trinajstić information content (AvgIpc) is 3.31. The lowest BCUT2D eigenvalue weighted by Crippen LogP contribution is -2.41. The molecule has 0 radical (unpaired) electrons. The summed E-state index contributed by atoms with van der Waals surface area (Å²) >= 11 is 0. The topological polar surface area (TPSA) is 75.0 Å². The first-order valence-electron chi connectivity index (χ1n) is 13.8. The molecule has 1 unspecified atom stereocenters. The van der Waals surface area contributed by atoms with E-state index < -0.39 is 23.9 Å². The third-order valence-electron chi connectivity index (χ3n) is 8.28. The Labute approximate surface area is 221 Å². The Morgan fingerprint density at radius 3 is 2.32 bits per heavy atom. The Bertz CT molecular complexity index is 1120. The SMILES string of the molecule is CC(C)(C)OC(=O)N1CCC(c2ccc3c(c2)c(B2OC(C)(C)C(C)(C)O2)nn3C2CCCCO2)CC1. The number of benzene rings is 1. The Kier molecular flexibility index (Phi) is 6.86. The van der Waals surface area contributed by atoms with Crippen LogP contribution in [0.2, 0.25) is 0 Å².